The molecule has 1 aliphatic rings. The minimum atomic E-state index is -0.801. The van der Waals surface area contributed by atoms with E-state index in [1.165, 1.54) is 25.1 Å². The number of hydrogen-bond acceptors (Lipinski definition) is 7. The Labute approximate surface area is 169 Å². The molecule has 1 N–H and O–H groups in total. The highest BCUT2D eigenvalue weighted by Crippen LogP contribution is 2.37. The fourth-order valence-corrected chi connectivity index (χ4v) is 3.02. The van der Waals surface area contributed by atoms with E-state index in [9.17, 15) is 14.4 Å². The molecule has 1 aromatic heterocycles. The molecule has 0 unspecified atom stereocenters. The first-order chi connectivity index (χ1) is 13.9. The van der Waals surface area contributed by atoms with E-state index in [-0.39, 0.29) is 29.6 Å². The van der Waals surface area contributed by atoms with Crippen molar-refractivity contribution in [2.45, 2.75) is 6.92 Å². The molecule has 3 aromatic rings. The van der Waals surface area contributed by atoms with E-state index in [1.807, 2.05) is 0 Å². The molecule has 1 amide bonds. The average Bonchev–Trinajstić information content (AvgIpc) is 3.31. The first-order valence-electron chi connectivity index (χ1n) is 8.51. The molecule has 0 atom stereocenters. The van der Waals surface area contributed by atoms with Gasteiger partial charge in [-0.2, -0.15) is 0 Å². The summed E-state index contributed by atoms with van der Waals surface area (Å²) in [7, 11) is 0. The number of Topliss-reactive ketones (excluding diaryl/α,β-unsaturated/α-hetero) is 1. The Balaban J connectivity index is 1.43. The van der Waals surface area contributed by atoms with E-state index in [0.29, 0.717) is 27.5 Å². The molecule has 9 heteroatoms. The predicted molar refractivity (Wildman–Crippen MR) is 103 cm³/mol. The minimum Gasteiger partial charge on any atom is -0.454 e. The highest BCUT2D eigenvalue weighted by Gasteiger charge is 2.21. The summed E-state index contributed by atoms with van der Waals surface area (Å²) in [6, 6.07) is 9.37. The van der Waals surface area contributed by atoms with E-state index in [2.05, 4.69) is 5.32 Å². The summed E-state index contributed by atoms with van der Waals surface area (Å²) in [5.41, 5.74) is 0.960. The molecule has 0 saturated carbocycles. The van der Waals surface area contributed by atoms with Gasteiger partial charge in [-0.05, 0) is 37.3 Å². The fraction of sp³-hybridized carbons (Fsp3) is 0.150. The second-order valence-corrected chi connectivity index (χ2v) is 6.66. The maximum Gasteiger partial charge on any atom is 0.374 e. The van der Waals surface area contributed by atoms with Crippen LogP contribution in [0.5, 0.6) is 11.5 Å². The lowest BCUT2D eigenvalue weighted by molar-refractivity contribution is -0.119. The van der Waals surface area contributed by atoms with Crippen molar-refractivity contribution in [1.29, 1.82) is 0 Å². The van der Waals surface area contributed by atoms with Crippen molar-refractivity contribution in [2.24, 2.45) is 0 Å². The second kappa shape index (κ2) is 7.48. The first kappa shape index (κ1) is 18.8. The normalized spacial score (nSPS) is 12.1. The predicted octanol–water partition coefficient (Wildman–Crippen LogP) is 3.81. The molecule has 0 fully saturated rings. The minimum absolute atomic E-state index is 0.0321. The fourth-order valence-electron chi connectivity index (χ4n) is 2.84. The molecule has 1 aliphatic heterocycles. The number of ketones is 1. The molecule has 0 aliphatic carbocycles. The topological polar surface area (TPSA) is 104 Å². The smallest absolute Gasteiger partial charge is 0.374 e. The van der Waals surface area contributed by atoms with Crippen molar-refractivity contribution in [3.05, 3.63) is 52.7 Å². The third-order valence-corrected chi connectivity index (χ3v) is 4.42. The van der Waals surface area contributed by atoms with Crippen LogP contribution in [0.4, 0.5) is 5.69 Å². The number of benzene rings is 2. The number of carbonyl (C=O) groups excluding carboxylic acids is 3. The number of furan rings is 1. The van der Waals surface area contributed by atoms with Crippen molar-refractivity contribution in [1.82, 2.24) is 0 Å². The van der Waals surface area contributed by atoms with Gasteiger partial charge in [0.2, 0.25) is 12.6 Å². The van der Waals surface area contributed by atoms with Crippen molar-refractivity contribution >= 4 is 45.9 Å². The van der Waals surface area contributed by atoms with Crippen LogP contribution < -0.4 is 14.8 Å². The van der Waals surface area contributed by atoms with Crippen LogP contribution in [0.25, 0.3) is 11.0 Å². The zero-order chi connectivity index (χ0) is 20.5. The maximum atomic E-state index is 12.2. The summed E-state index contributed by atoms with van der Waals surface area (Å²) in [4.78, 5) is 36.2. The SMILES string of the molecule is CC(=O)c1cc2c(cc1NC(=O)COC(=O)c1cc3cc(Cl)ccc3o1)OCO2. The van der Waals surface area contributed by atoms with Crippen LogP contribution in [0.3, 0.4) is 0 Å². The molecule has 2 aromatic carbocycles. The Morgan fingerprint density at radius 2 is 1.86 bits per heavy atom. The van der Waals surface area contributed by atoms with Crippen LogP contribution in [0, 0.1) is 0 Å². The summed E-state index contributed by atoms with van der Waals surface area (Å²) in [5.74, 6) is -0.921. The lowest BCUT2D eigenvalue weighted by Gasteiger charge is -2.10. The molecule has 29 heavy (non-hydrogen) atoms. The summed E-state index contributed by atoms with van der Waals surface area (Å²) >= 11 is 5.91. The highest BCUT2D eigenvalue weighted by atomic mass is 35.5. The van der Waals surface area contributed by atoms with E-state index in [4.69, 9.17) is 30.2 Å². The third kappa shape index (κ3) is 3.88. The van der Waals surface area contributed by atoms with Crippen LogP contribution >= 0.6 is 11.6 Å². The Bertz CT molecular complexity index is 1150. The van der Waals surface area contributed by atoms with Gasteiger partial charge in [-0.15, -0.1) is 0 Å². The van der Waals surface area contributed by atoms with Gasteiger partial charge in [0.05, 0.1) is 5.69 Å². The number of amides is 1. The zero-order valence-corrected chi connectivity index (χ0v) is 15.9. The molecule has 148 valence electrons. The lowest BCUT2D eigenvalue weighted by Crippen LogP contribution is -2.21. The Hall–Kier alpha value is -3.52. The van der Waals surface area contributed by atoms with Crippen molar-refractivity contribution < 1.29 is 33.0 Å². The molecule has 0 radical (unpaired) electrons. The summed E-state index contributed by atoms with van der Waals surface area (Å²) < 4.78 is 20.9. The molecule has 0 bridgehead atoms. The van der Waals surface area contributed by atoms with Gasteiger partial charge in [0.15, 0.2) is 23.9 Å². The van der Waals surface area contributed by atoms with Gasteiger partial charge in [-0.1, -0.05) is 11.6 Å². The summed E-state index contributed by atoms with van der Waals surface area (Å²) in [6.45, 7) is 0.827. The first-order valence-corrected chi connectivity index (χ1v) is 8.89. The number of ether oxygens (including phenoxy) is 3. The third-order valence-electron chi connectivity index (χ3n) is 4.18. The number of esters is 1. The van der Waals surface area contributed by atoms with Crippen molar-refractivity contribution in [3.8, 4) is 11.5 Å². The van der Waals surface area contributed by atoms with Gasteiger partial charge in [-0.3, -0.25) is 9.59 Å². The standard InChI is InChI=1S/C20H14ClNO7/c1-10(23)13-6-16-17(28-9-27-16)7-14(13)22-19(24)8-26-20(25)18-5-11-4-12(21)2-3-15(11)29-18/h2-7H,8-9H2,1H3,(H,22,24). The van der Waals surface area contributed by atoms with Crippen molar-refractivity contribution in [2.75, 3.05) is 18.7 Å². The monoisotopic (exact) mass is 415 g/mol. The zero-order valence-electron chi connectivity index (χ0n) is 15.1. The van der Waals surface area contributed by atoms with Crippen LogP contribution in [0.1, 0.15) is 27.8 Å². The van der Waals surface area contributed by atoms with Gasteiger partial charge < -0.3 is 23.9 Å². The van der Waals surface area contributed by atoms with Crippen molar-refractivity contribution in [3.63, 3.8) is 0 Å². The van der Waals surface area contributed by atoms with Gasteiger partial charge in [0.1, 0.15) is 5.58 Å². The van der Waals surface area contributed by atoms with Crippen LogP contribution in [0.2, 0.25) is 5.02 Å². The molecular weight excluding hydrogens is 402 g/mol. The molecule has 0 spiro atoms. The summed E-state index contributed by atoms with van der Waals surface area (Å²) in [6.07, 6.45) is 0. The van der Waals surface area contributed by atoms with Gasteiger partial charge >= 0.3 is 5.97 Å². The Morgan fingerprint density at radius 3 is 2.62 bits per heavy atom. The number of nitrogens with one attached hydrogen (secondary N) is 1. The summed E-state index contributed by atoms with van der Waals surface area (Å²) in [5, 5.41) is 3.68. The number of hydrogen-bond donors (Lipinski definition) is 1. The van der Waals surface area contributed by atoms with E-state index in [0.717, 1.165) is 0 Å². The van der Waals surface area contributed by atoms with Gasteiger partial charge in [-0.25, -0.2) is 4.79 Å². The number of fused-ring (bicyclic) bond motifs is 2. The Kier molecular flexibility index (Phi) is 4.85. The second-order valence-electron chi connectivity index (χ2n) is 6.22. The van der Waals surface area contributed by atoms with Gasteiger partial charge in [0.25, 0.3) is 5.91 Å². The Morgan fingerprint density at radius 1 is 1.10 bits per heavy atom. The number of halogens is 1. The molecule has 8 nitrogen and oxygen atoms in total. The van der Waals surface area contributed by atoms with Crippen LogP contribution in [-0.4, -0.2) is 31.1 Å². The van der Waals surface area contributed by atoms with Crippen LogP contribution in [0.15, 0.2) is 40.8 Å². The molecule has 4 rings (SSSR count). The van der Waals surface area contributed by atoms with Crippen LogP contribution in [-0.2, 0) is 9.53 Å². The van der Waals surface area contributed by atoms with E-state index in [1.54, 1.807) is 18.2 Å². The van der Waals surface area contributed by atoms with E-state index >= 15 is 0 Å². The largest absolute Gasteiger partial charge is 0.454 e. The highest BCUT2D eigenvalue weighted by molar-refractivity contribution is 6.31. The van der Waals surface area contributed by atoms with E-state index < -0.39 is 18.5 Å². The average molecular weight is 416 g/mol. The number of rotatable bonds is 5. The maximum absolute atomic E-state index is 12.2. The molecule has 0 saturated heterocycles. The quantitative estimate of drug-likeness (QED) is 0.499. The number of carbonyl (C=O) groups is 3. The lowest BCUT2D eigenvalue weighted by atomic mass is 10.1. The number of anilines is 1. The van der Waals surface area contributed by atoms with Gasteiger partial charge in [0, 0.05) is 22.0 Å². The molecule has 2 heterocycles. The molecular formula is C20H14ClNO7.